The quantitative estimate of drug-likeness (QED) is 0.453. The van der Waals surface area contributed by atoms with Crippen molar-refractivity contribution < 1.29 is 29.9 Å². The molecule has 1 aliphatic heterocycles. The maximum atomic E-state index is 10.2. The molecule has 1 aromatic heterocycles. The first kappa shape index (κ1) is 20.1. The van der Waals surface area contributed by atoms with Gasteiger partial charge in [0.25, 0.3) is 0 Å². The molecule has 1 fully saturated rings. The molecule has 2 aromatic rings. The van der Waals surface area contributed by atoms with Gasteiger partial charge in [0.15, 0.2) is 0 Å². The number of hydrogen-bond donors (Lipinski definition) is 5. The Morgan fingerprint density at radius 3 is 2.67 bits per heavy atom. The van der Waals surface area contributed by atoms with Crippen molar-refractivity contribution in [1.29, 1.82) is 0 Å². The Labute approximate surface area is 157 Å². The average Bonchev–Trinajstić information content (AvgIpc) is 3.10. The van der Waals surface area contributed by atoms with Gasteiger partial charge >= 0.3 is 0 Å². The molecule has 5 atom stereocenters. The third-order valence-corrected chi connectivity index (χ3v) is 5.14. The fourth-order valence-corrected chi connectivity index (χ4v) is 3.27. The van der Waals surface area contributed by atoms with E-state index < -0.39 is 37.3 Å². The van der Waals surface area contributed by atoms with Crippen LogP contribution < -0.4 is 4.74 Å². The van der Waals surface area contributed by atoms with Crippen LogP contribution in [0.2, 0.25) is 0 Å². The van der Waals surface area contributed by atoms with Crippen LogP contribution in [-0.2, 0) is 11.2 Å². The summed E-state index contributed by atoms with van der Waals surface area (Å²) in [6, 6.07) is 5.52. The van der Waals surface area contributed by atoms with E-state index in [1.165, 1.54) is 0 Å². The maximum absolute atomic E-state index is 10.2. The van der Waals surface area contributed by atoms with Gasteiger partial charge in [-0.2, -0.15) is 0 Å². The number of benzene rings is 1. The van der Waals surface area contributed by atoms with Gasteiger partial charge in [-0.25, -0.2) is 0 Å². The lowest BCUT2D eigenvalue weighted by atomic mass is 9.99. The second kappa shape index (κ2) is 8.55. The molecule has 8 heteroatoms. The summed E-state index contributed by atoms with van der Waals surface area (Å²) in [7, 11) is 2.06. The molecule has 150 valence electrons. The van der Waals surface area contributed by atoms with E-state index in [1.54, 1.807) is 6.07 Å². The molecule has 3 rings (SSSR count). The van der Waals surface area contributed by atoms with Crippen LogP contribution >= 0.6 is 0 Å². The Bertz CT molecular complexity index is 749. The molecular formula is C19H28N2O6. The zero-order chi connectivity index (χ0) is 19.6. The minimum Gasteiger partial charge on any atom is -0.461 e. The number of aliphatic hydroxyl groups excluding tert-OH is 4. The summed E-state index contributed by atoms with van der Waals surface area (Å²) in [5.41, 5.74) is 1.97. The maximum Gasteiger partial charge on any atom is 0.229 e. The fourth-order valence-electron chi connectivity index (χ4n) is 3.27. The molecule has 0 bridgehead atoms. The monoisotopic (exact) mass is 380 g/mol. The highest BCUT2D eigenvalue weighted by molar-refractivity contribution is 5.89. The van der Waals surface area contributed by atoms with Crippen LogP contribution in [0.5, 0.6) is 5.75 Å². The van der Waals surface area contributed by atoms with Crippen LogP contribution in [0.1, 0.15) is 12.5 Å². The number of aliphatic hydroxyl groups is 4. The van der Waals surface area contributed by atoms with E-state index >= 15 is 0 Å². The van der Waals surface area contributed by atoms with E-state index in [1.807, 2.05) is 18.3 Å². The lowest BCUT2D eigenvalue weighted by Gasteiger charge is -2.39. The summed E-state index contributed by atoms with van der Waals surface area (Å²) in [6.07, 6.45) is -3.76. The number of hydrogen-bond acceptors (Lipinski definition) is 7. The van der Waals surface area contributed by atoms with E-state index in [4.69, 9.17) is 9.47 Å². The summed E-state index contributed by atoms with van der Waals surface area (Å²) in [6.45, 7) is 3.45. The smallest absolute Gasteiger partial charge is 0.229 e. The number of aromatic nitrogens is 1. The highest BCUT2D eigenvalue weighted by Crippen LogP contribution is 2.32. The largest absolute Gasteiger partial charge is 0.461 e. The minimum absolute atomic E-state index is 0.492. The second-order valence-electron chi connectivity index (χ2n) is 6.95. The lowest BCUT2D eigenvalue weighted by molar-refractivity contribution is -0.277. The van der Waals surface area contributed by atoms with Gasteiger partial charge in [0, 0.05) is 23.6 Å². The molecule has 1 unspecified atom stereocenters. The predicted octanol–water partition coefficient (Wildman–Crippen LogP) is -0.159. The Morgan fingerprint density at radius 2 is 1.96 bits per heavy atom. The molecule has 1 saturated heterocycles. The number of H-pyrrole nitrogens is 1. The number of likely N-dealkylation sites (N-methyl/N-ethyl adjacent to an activating group) is 1. The van der Waals surface area contributed by atoms with Crippen molar-refractivity contribution >= 4 is 10.9 Å². The van der Waals surface area contributed by atoms with Crippen LogP contribution in [0.15, 0.2) is 24.4 Å². The van der Waals surface area contributed by atoms with Crippen molar-refractivity contribution in [3.63, 3.8) is 0 Å². The van der Waals surface area contributed by atoms with E-state index in [-0.39, 0.29) is 0 Å². The normalized spacial score (nSPS) is 28.8. The Balaban J connectivity index is 1.85. The van der Waals surface area contributed by atoms with E-state index in [0.717, 1.165) is 36.0 Å². The molecule has 0 spiro atoms. The Kier molecular flexibility index (Phi) is 6.36. The summed E-state index contributed by atoms with van der Waals surface area (Å²) in [4.78, 5) is 5.43. The van der Waals surface area contributed by atoms with E-state index in [2.05, 4.69) is 23.9 Å². The van der Waals surface area contributed by atoms with Crippen molar-refractivity contribution in [2.45, 2.75) is 44.1 Å². The summed E-state index contributed by atoms with van der Waals surface area (Å²) in [5, 5.41) is 40.3. The third kappa shape index (κ3) is 4.11. The summed E-state index contributed by atoms with van der Waals surface area (Å²) in [5.74, 6) is 0.507. The molecule has 2 heterocycles. The summed E-state index contributed by atoms with van der Waals surface area (Å²) >= 11 is 0. The van der Waals surface area contributed by atoms with E-state index in [0.29, 0.717) is 5.75 Å². The zero-order valence-electron chi connectivity index (χ0n) is 15.6. The molecule has 1 aromatic carbocycles. The van der Waals surface area contributed by atoms with Crippen molar-refractivity contribution in [2.75, 3.05) is 26.7 Å². The second-order valence-corrected chi connectivity index (χ2v) is 6.95. The van der Waals surface area contributed by atoms with Crippen molar-refractivity contribution in [3.8, 4) is 5.75 Å². The zero-order valence-corrected chi connectivity index (χ0v) is 15.6. The number of nitrogens with zero attached hydrogens (tertiary/aromatic N) is 1. The number of aromatic amines is 1. The van der Waals surface area contributed by atoms with Crippen LogP contribution in [-0.4, -0.2) is 87.8 Å². The fraction of sp³-hybridized carbons (Fsp3) is 0.579. The highest BCUT2D eigenvalue weighted by Gasteiger charge is 2.44. The molecular weight excluding hydrogens is 352 g/mol. The first-order valence-corrected chi connectivity index (χ1v) is 9.21. The van der Waals surface area contributed by atoms with Gasteiger partial charge in [-0.1, -0.05) is 13.0 Å². The molecule has 0 saturated carbocycles. The molecule has 0 aliphatic carbocycles. The molecule has 8 nitrogen and oxygen atoms in total. The number of nitrogens with one attached hydrogen (secondary N) is 1. The van der Waals surface area contributed by atoms with Crippen LogP contribution in [0.25, 0.3) is 10.9 Å². The van der Waals surface area contributed by atoms with E-state index in [9.17, 15) is 20.4 Å². The van der Waals surface area contributed by atoms with Gasteiger partial charge in [0.2, 0.25) is 6.29 Å². The molecule has 0 radical (unpaired) electrons. The first-order valence-electron chi connectivity index (χ1n) is 9.21. The Morgan fingerprint density at radius 1 is 1.19 bits per heavy atom. The molecule has 5 N–H and O–H groups in total. The van der Waals surface area contributed by atoms with Gasteiger partial charge in [-0.15, -0.1) is 0 Å². The first-order chi connectivity index (χ1) is 13.0. The van der Waals surface area contributed by atoms with Crippen molar-refractivity contribution in [2.24, 2.45) is 0 Å². The van der Waals surface area contributed by atoms with Crippen LogP contribution in [0, 0.1) is 0 Å². The number of ether oxygens (including phenoxy) is 2. The lowest BCUT2D eigenvalue weighted by Crippen LogP contribution is -2.60. The van der Waals surface area contributed by atoms with Crippen molar-refractivity contribution in [3.05, 3.63) is 30.0 Å². The van der Waals surface area contributed by atoms with Crippen LogP contribution in [0.4, 0.5) is 0 Å². The number of rotatable bonds is 7. The summed E-state index contributed by atoms with van der Waals surface area (Å²) < 4.78 is 11.3. The van der Waals surface area contributed by atoms with Crippen molar-refractivity contribution in [1.82, 2.24) is 9.88 Å². The van der Waals surface area contributed by atoms with Gasteiger partial charge in [0.1, 0.15) is 30.2 Å². The van der Waals surface area contributed by atoms with Gasteiger partial charge in [-0.3, -0.25) is 0 Å². The topological polar surface area (TPSA) is 118 Å². The Hall–Kier alpha value is -1.68. The third-order valence-electron chi connectivity index (χ3n) is 5.14. The van der Waals surface area contributed by atoms with Gasteiger partial charge in [0.05, 0.1) is 6.61 Å². The minimum atomic E-state index is -1.47. The molecule has 27 heavy (non-hydrogen) atoms. The predicted molar refractivity (Wildman–Crippen MR) is 99.6 cm³/mol. The SMILES string of the molecule is CCN(C)CCc1c[nH]c2cccc(OC3O[C@H](CO)[C@@H](O)[C@H](O)[C@H]3O)c12. The van der Waals surface area contributed by atoms with Gasteiger partial charge < -0.3 is 39.8 Å². The standard InChI is InChI=1S/C19H28N2O6/c1-3-21(2)8-7-11-9-20-12-5-4-6-13(15(11)12)26-19-18(25)17(24)16(23)14(10-22)27-19/h4-6,9,14,16-20,22-25H,3,7-8,10H2,1-2H3/t14-,16-,17+,18-,19?/m1/s1. The highest BCUT2D eigenvalue weighted by atomic mass is 16.7. The number of fused-ring (bicyclic) bond motifs is 1. The molecule has 0 amide bonds. The van der Waals surface area contributed by atoms with Gasteiger partial charge in [-0.05, 0) is 37.7 Å². The molecule has 1 aliphatic rings. The average molecular weight is 380 g/mol. The van der Waals surface area contributed by atoms with Crippen LogP contribution in [0.3, 0.4) is 0 Å².